The van der Waals surface area contributed by atoms with Crippen LogP contribution in [-0.2, 0) is 6.42 Å². The largest absolute Gasteiger partial charge is 0.0628 e. The van der Waals surface area contributed by atoms with E-state index in [1.807, 2.05) is 0 Å². The lowest BCUT2D eigenvalue weighted by molar-refractivity contribution is 0.538. The van der Waals surface area contributed by atoms with Crippen molar-refractivity contribution in [2.24, 2.45) is 5.92 Å². The van der Waals surface area contributed by atoms with Crippen LogP contribution in [0, 0.1) is 5.92 Å². The van der Waals surface area contributed by atoms with Crippen LogP contribution < -0.4 is 0 Å². The first kappa shape index (κ1) is 13.3. The SMILES string of the molecule is CC(C)CCCCc1ccc(C(C)C)cc1. The second kappa shape index (κ2) is 6.73. The molecule has 0 nitrogen and oxygen atoms in total. The molecule has 0 saturated heterocycles. The van der Waals surface area contributed by atoms with E-state index in [2.05, 4.69) is 52.0 Å². The van der Waals surface area contributed by atoms with Crippen LogP contribution in [0.1, 0.15) is 64.0 Å². The highest BCUT2D eigenvalue weighted by atomic mass is 14.0. The summed E-state index contributed by atoms with van der Waals surface area (Å²) in [5.74, 6) is 1.50. The number of aryl methyl sites for hydroxylation is 1. The predicted molar refractivity (Wildman–Crippen MR) is 72.9 cm³/mol. The van der Waals surface area contributed by atoms with Crippen LogP contribution in [0.2, 0.25) is 0 Å². The Morgan fingerprint density at radius 1 is 0.875 bits per heavy atom. The van der Waals surface area contributed by atoms with Crippen molar-refractivity contribution in [3.05, 3.63) is 35.4 Å². The predicted octanol–water partition coefficient (Wildman–Crippen LogP) is 5.18. The summed E-state index contributed by atoms with van der Waals surface area (Å²) < 4.78 is 0. The Morgan fingerprint density at radius 3 is 2.00 bits per heavy atom. The van der Waals surface area contributed by atoms with Gasteiger partial charge in [-0.05, 0) is 35.8 Å². The number of unbranched alkanes of at least 4 members (excludes halogenated alkanes) is 1. The second-order valence-electron chi connectivity index (χ2n) is 5.54. The highest BCUT2D eigenvalue weighted by molar-refractivity contribution is 5.24. The molecule has 0 unspecified atom stereocenters. The van der Waals surface area contributed by atoms with E-state index in [1.165, 1.54) is 36.8 Å². The molecule has 1 aromatic rings. The Hall–Kier alpha value is -0.780. The minimum absolute atomic E-state index is 0.648. The van der Waals surface area contributed by atoms with Crippen LogP contribution >= 0.6 is 0 Å². The summed E-state index contributed by atoms with van der Waals surface area (Å²) in [5.41, 5.74) is 2.94. The van der Waals surface area contributed by atoms with Gasteiger partial charge < -0.3 is 0 Å². The molecule has 0 aliphatic heterocycles. The zero-order chi connectivity index (χ0) is 12.0. The van der Waals surface area contributed by atoms with Gasteiger partial charge in [-0.1, -0.05) is 64.8 Å². The van der Waals surface area contributed by atoms with Gasteiger partial charge in [0.1, 0.15) is 0 Å². The lowest BCUT2D eigenvalue weighted by atomic mass is 9.98. The summed E-state index contributed by atoms with van der Waals surface area (Å²) in [6, 6.07) is 9.15. The molecule has 16 heavy (non-hydrogen) atoms. The van der Waals surface area contributed by atoms with Gasteiger partial charge in [0, 0.05) is 0 Å². The topological polar surface area (TPSA) is 0 Å². The minimum Gasteiger partial charge on any atom is -0.0628 e. The molecule has 0 heteroatoms. The van der Waals surface area contributed by atoms with Gasteiger partial charge in [0.05, 0.1) is 0 Å². The van der Waals surface area contributed by atoms with Crippen molar-refractivity contribution in [2.45, 2.75) is 59.3 Å². The molecule has 0 amide bonds. The van der Waals surface area contributed by atoms with Crippen LogP contribution in [-0.4, -0.2) is 0 Å². The first-order chi connectivity index (χ1) is 7.59. The van der Waals surface area contributed by atoms with E-state index in [4.69, 9.17) is 0 Å². The highest BCUT2D eigenvalue weighted by Crippen LogP contribution is 2.16. The van der Waals surface area contributed by atoms with E-state index in [-0.39, 0.29) is 0 Å². The first-order valence-corrected chi connectivity index (χ1v) is 6.68. The molecule has 0 N–H and O–H groups in total. The number of hydrogen-bond donors (Lipinski definition) is 0. The Kier molecular flexibility index (Phi) is 5.59. The van der Waals surface area contributed by atoms with E-state index >= 15 is 0 Å². The van der Waals surface area contributed by atoms with Gasteiger partial charge in [0.15, 0.2) is 0 Å². The molecule has 0 heterocycles. The molecule has 0 aliphatic carbocycles. The maximum atomic E-state index is 2.30. The molecule has 0 fully saturated rings. The van der Waals surface area contributed by atoms with E-state index in [0.29, 0.717) is 5.92 Å². The monoisotopic (exact) mass is 218 g/mol. The summed E-state index contributed by atoms with van der Waals surface area (Å²) in [6.07, 6.45) is 5.30. The maximum absolute atomic E-state index is 2.30. The third kappa shape index (κ3) is 4.83. The summed E-state index contributed by atoms with van der Waals surface area (Å²) in [6.45, 7) is 9.10. The fraction of sp³-hybridized carbons (Fsp3) is 0.625. The van der Waals surface area contributed by atoms with Crippen molar-refractivity contribution in [3.8, 4) is 0 Å². The fourth-order valence-corrected chi connectivity index (χ4v) is 1.95. The summed E-state index contributed by atoms with van der Waals surface area (Å²) >= 11 is 0. The summed E-state index contributed by atoms with van der Waals surface area (Å²) in [7, 11) is 0. The quantitative estimate of drug-likeness (QED) is 0.577. The van der Waals surface area contributed by atoms with Gasteiger partial charge in [0.2, 0.25) is 0 Å². The van der Waals surface area contributed by atoms with Crippen LogP contribution in [0.15, 0.2) is 24.3 Å². The third-order valence-corrected chi connectivity index (χ3v) is 3.14. The molecule has 90 valence electrons. The van der Waals surface area contributed by atoms with Crippen LogP contribution in [0.3, 0.4) is 0 Å². The Balaban J connectivity index is 2.32. The molecule has 0 bridgehead atoms. The van der Waals surface area contributed by atoms with Gasteiger partial charge in [-0.15, -0.1) is 0 Å². The molecule has 0 atom stereocenters. The lowest BCUT2D eigenvalue weighted by Gasteiger charge is -2.07. The average molecular weight is 218 g/mol. The van der Waals surface area contributed by atoms with Crippen LogP contribution in [0.5, 0.6) is 0 Å². The standard InChI is InChI=1S/C16H26/c1-13(2)7-5-6-8-15-9-11-16(12-10-15)14(3)4/h9-14H,5-8H2,1-4H3. The van der Waals surface area contributed by atoms with Gasteiger partial charge in [-0.3, -0.25) is 0 Å². The smallest absolute Gasteiger partial charge is 0.0219 e. The van der Waals surface area contributed by atoms with Crippen molar-refractivity contribution in [3.63, 3.8) is 0 Å². The Morgan fingerprint density at radius 2 is 1.50 bits per heavy atom. The van der Waals surface area contributed by atoms with Crippen LogP contribution in [0.25, 0.3) is 0 Å². The average Bonchev–Trinajstić information content (AvgIpc) is 2.25. The van der Waals surface area contributed by atoms with E-state index < -0.39 is 0 Å². The molecule has 1 rings (SSSR count). The number of benzene rings is 1. The molecule has 0 radical (unpaired) electrons. The van der Waals surface area contributed by atoms with Gasteiger partial charge in [-0.2, -0.15) is 0 Å². The van der Waals surface area contributed by atoms with Gasteiger partial charge >= 0.3 is 0 Å². The van der Waals surface area contributed by atoms with Crippen molar-refractivity contribution in [1.29, 1.82) is 0 Å². The Labute approximate surface area is 101 Å². The van der Waals surface area contributed by atoms with Crippen molar-refractivity contribution in [1.82, 2.24) is 0 Å². The lowest BCUT2D eigenvalue weighted by Crippen LogP contribution is -1.91. The summed E-state index contributed by atoms with van der Waals surface area (Å²) in [4.78, 5) is 0. The molecular weight excluding hydrogens is 192 g/mol. The van der Waals surface area contributed by atoms with Gasteiger partial charge in [-0.25, -0.2) is 0 Å². The zero-order valence-corrected chi connectivity index (χ0v) is 11.3. The van der Waals surface area contributed by atoms with Crippen molar-refractivity contribution in [2.75, 3.05) is 0 Å². The maximum Gasteiger partial charge on any atom is -0.0219 e. The van der Waals surface area contributed by atoms with Crippen molar-refractivity contribution >= 4 is 0 Å². The molecule has 0 aromatic heterocycles. The molecular formula is C16H26. The van der Waals surface area contributed by atoms with Crippen LogP contribution in [0.4, 0.5) is 0 Å². The van der Waals surface area contributed by atoms with E-state index in [0.717, 1.165) is 5.92 Å². The van der Waals surface area contributed by atoms with Gasteiger partial charge in [0.25, 0.3) is 0 Å². The highest BCUT2D eigenvalue weighted by Gasteiger charge is 1.99. The zero-order valence-electron chi connectivity index (χ0n) is 11.3. The second-order valence-corrected chi connectivity index (χ2v) is 5.54. The van der Waals surface area contributed by atoms with E-state index in [9.17, 15) is 0 Å². The minimum atomic E-state index is 0.648. The van der Waals surface area contributed by atoms with Crippen molar-refractivity contribution < 1.29 is 0 Å². The Bertz CT molecular complexity index is 279. The molecule has 0 spiro atoms. The number of rotatable bonds is 6. The number of hydrogen-bond acceptors (Lipinski definition) is 0. The summed E-state index contributed by atoms with van der Waals surface area (Å²) in [5, 5.41) is 0. The molecule has 0 aliphatic rings. The normalized spacial score (nSPS) is 11.4. The first-order valence-electron chi connectivity index (χ1n) is 6.68. The molecule has 0 saturated carbocycles. The third-order valence-electron chi connectivity index (χ3n) is 3.14. The van der Waals surface area contributed by atoms with E-state index in [1.54, 1.807) is 0 Å². The fourth-order valence-electron chi connectivity index (χ4n) is 1.95. The molecule has 1 aromatic carbocycles.